The van der Waals surface area contributed by atoms with E-state index in [1.54, 1.807) is 11.7 Å². The zero-order valence-electron chi connectivity index (χ0n) is 17.6. The second-order valence-corrected chi connectivity index (χ2v) is 9.64. The molecule has 0 unspecified atom stereocenters. The number of aromatic nitrogens is 3. The van der Waals surface area contributed by atoms with Gasteiger partial charge in [-0.25, -0.2) is 4.98 Å². The third-order valence-electron chi connectivity index (χ3n) is 4.82. The highest BCUT2D eigenvalue weighted by Gasteiger charge is 2.15. The molecule has 2 heterocycles. The SMILES string of the molecule is COc1cccc(-n2c(=S)sc3c(=O)[nH]c(SCC(=O)Nc4c(C)cccc4C)nc32)c1. The van der Waals surface area contributed by atoms with Gasteiger partial charge in [0.2, 0.25) is 5.91 Å². The van der Waals surface area contributed by atoms with Crippen LogP contribution in [-0.2, 0) is 4.79 Å². The van der Waals surface area contributed by atoms with Gasteiger partial charge < -0.3 is 15.0 Å². The lowest BCUT2D eigenvalue weighted by molar-refractivity contribution is -0.113. The third-order valence-corrected chi connectivity index (χ3v) is 7.05. The summed E-state index contributed by atoms with van der Waals surface area (Å²) in [7, 11) is 1.59. The van der Waals surface area contributed by atoms with Gasteiger partial charge in [0.25, 0.3) is 5.56 Å². The lowest BCUT2D eigenvalue weighted by Crippen LogP contribution is -2.17. The molecule has 2 N–H and O–H groups in total. The van der Waals surface area contributed by atoms with Crippen molar-refractivity contribution in [1.29, 1.82) is 0 Å². The van der Waals surface area contributed by atoms with Gasteiger partial charge in [0.15, 0.2) is 14.8 Å². The quantitative estimate of drug-likeness (QED) is 0.231. The van der Waals surface area contributed by atoms with Crippen LogP contribution in [0, 0.1) is 17.8 Å². The first-order valence-corrected chi connectivity index (χ1v) is 11.9. The predicted octanol–water partition coefficient (Wildman–Crippen LogP) is 4.86. The van der Waals surface area contributed by atoms with Gasteiger partial charge in [-0.2, -0.15) is 0 Å². The van der Waals surface area contributed by atoms with E-state index >= 15 is 0 Å². The Morgan fingerprint density at radius 3 is 2.69 bits per heavy atom. The average molecular weight is 485 g/mol. The molecular formula is C22H20N4O3S3. The number of thiazole rings is 1. The summed E-state index contributed by atoms with van der Waals surface area (Å²) in [5.74, 6) is 0.600. The number of fused-ring (bicyclic) bond motifs is 1. The van der Waals surface area contributed by atoms with Crippen LogP contribution in [0.4, 0.5) is 5.69 Å². The first-order chi connectivity index (χ1) is 15.4. The number of thioether (sulfide) groups is 1. The number of ether oxygens (including phenoxy) is 1. The fraction of sp³-hybridized carbons (Fsp3) is 0.182. The van der Waals surface area contributed by atoms with Crippen molar-refractivity contribution in [3.8, 4) is 11.4 Å². The summed E-state index contributed by atoms with van der Waals surface area (Å²) in [6.45, 7) is 3.89. The minimum absolute atomic E-state index is 0.103. The number of anilines is 1. The number of carbonyl (C=O) groups is 1. The number of amides is 1. The van der Waals surface area contributed by atoms with E-state index in [4.69, 9.17) is 17.0 Å². The van der Waals surface area contributed by atoms with Crippen LogP contribution in [-0.4, -0.2) is 33.3 Å². The van der Waals surface area contributed by atoms with Crippen molar-refractivity contribution in [2.75, 3.05) is 18.2 Å². The summed E-state index contributed by atoms with van der Waals surface area (Å²) >= 11 is 7.85. The van der Waals surface area contributed by atoms with E-state index in [2.05, 4.69) is 15.3 Å². The summed E-state index contributed by atoms with van der Waals surface area (Å²) in [5, 5.41) is 3.29. The van der Waals surface area contributed by atoms with Crippen molar-refractivity contribution in [2.24, 2.45) is 0 Å². The van der Waals surface area contributed by atoms with Crippen molar-refractivity contribution in [3.63, 3.8) is 0 Å². The largest absolute Gasteiger partial charge is 0.497 e. The van der Waals surface area contributed by atoms with Gasteiger partial charge in [0.05, 0.1) is 18.6 Å². The monoisotopic (exact) mass is 484 g/mol. The molecule has 2 aromatic heterocycles. The number of para-hydroxylation sites is 1. The van der Waals surface area contributed by atoms with E-state index in [9.17, 15) is 9.59 Å². The van der Waals surface area contributed by atoms with Crippen LogP contribution in [0.2, 0.25) is 0 Å². The van der Waals surface area contributed by atoms with Gasteiger partial charge in [0, 0.05) is 11.8 Å². The molecule has 2 aromatic carbocycles. The van der Waals surface area contributed by atoms with E-state index < -0.39 is 0 Å². The predicted molar refractivity (Wildman–Crippen MR) is 132 cm³/mol. The van der Waals surface area contributed by atoms with Crippen LogP contribution in [0.25, 0.3) is 16.0 Å². The number of nitrogens with one attached hydrogen (secondary N) is 2. The Labute approximate surface area is 197 Å². The molecule has 0 radical (unpaired) electrons. The summed E-state index contributed by atoms with van der Waals surface area (Å²) in [6.07, 6.45) is 0. The number of nitrogens with zero attached hydrogens (tertiary/aromatic N) is 2. The zero-order chi connectivity index (χ0) is 22.8. The summed E-state index contributed by atoms with van der Waals surface area (Å²) < 4.78 is 7.98. The Morgan fingerprint density at radius 2 is 1.97 bits per heavy atom. The molecule has 0 saturated carbocycles. The first-order valence-electron chi connectivity index (χ1n) is 9.66. The van der Waals surface area contributed by atoms with Gasteiger partial charge in [-0.15, -0.1) is 0 Å². The van der Waals surface area contributed by atoms with Crippen LogP contribution in [0.3, 0.4) is 0 Å². The van der Waals surface area contributed by atoms with Crippen LogP contribution >= 0.6 is 35.3 Å². The molecule has 164 valence electrons. The van der Waals surface area contributed by atoms with E-state index in [-0.39, 0.29) is 17.2 Å². The number of rotatable bonds is 6. The molecule has 4 rings (SSSR count). The van der Waals surface area contributed by atoms with E-state index in [1.165, 1.54) is 11.3 Å². The summed E-state index contributed by atoms with van der Waals surface area (Å²) in [6, 6.07) is 13.2. The highest BCUT2D eigenvalue weighted by atomic mass is 32.2. The van der Waals surface area contributed by atoms with Gasteiger partial charge >= 0.3 is 0 Å². The van der Waals surface area contributed by atoms with Gasteiger partial charge in [-0.1, -0.05) is 47.4 Å². The Hall–Kier alpha value is -2.95. The van der Waals surface area contributed by atoms with Crippen LogP contribution < -0.4 is 15.6 Å². The van der Waals surface area contributed by atoms with Gasteiger partial charge in [0.1, 0.15) is 10.4 Å². The third kappa shape index (κ3) is 4.47. The molecule has 1 amide bonds. The minimum Gasteiger partial charge on any atom is -0.497 e. The lowest BCUT2D eigenvalue weighted by atomic mass is 10.1. The number of aromatic amines is 1. The fourth-order valence-corrected chi connectivity index (χ4v) is 5.19. The highest BCUT2D eigenvalue weighted by molar-refractivity contribution is 7.99. The Balaban J connectivity index is 1.62. The summed E-state index contributed by atoms with van der Waals surface area (Å²) in [4.78, 5) is 32.5. The number of benzene rings is 2. The molecule has 0 aliphatic heterocycles. The maximum atomic E-state index is 12.7. The van der Waals surface area contributed by atoms with Crippen molar-refractivity contribution in [2.45, 2.75) is 19.0 Å². The molecule has 0 saturated heterocycles. The molecule has 32 heavy (non-hydrogen) atoms. The lowest BCUT2D eigenvalue weighted by Gasteiger charge is -2.11. The number of H-pyrrole nitrogens is 1. The normalized spacial score (nSPS) is 11.0. The van der Waals surface area contributed by atoms with Crippen molar-refractivity contribution in [1.82, 2.24) is 14.5 Å². The van der Waals surface area contributed by atoms with Crippen molar-refractivity contribution >= 4 is 57.3 Å². The molecule has 0 aliphatic carbocycles. The molecule has 0 spiro atoms. The smallest absolute Gasteiger partial charge is 0.271 e. The molecule has 4 aromatic rings. The van der Waals surface area contributed by atoms with Gasteiger partial charge in [-0.3, -0.25) is 14.2 Å². The molecule has 0 bridgehead atoms. The highest BCUT2D eigenvalue weighted by Crippen LogP contribution is 2.27. The number of carbonyl (C=O) groups excluding carboxylic acids is 1. The Bertz CT molecular complexity index is 1420. The maximum Gasteiger partial charge on any atom is 0.271 e. The zero-order valence-corrected chi connectivity index (χ0v) is 20.0. The Morgan fingerprint density at radius 1 is 1.25 bits per heavy atom. The average Bonchev–Trinajstić information content (AvgIpc) is 3.11. The molecule has 0 fully saturated rings. The van der Waals surface area contributed by atoms with Crippen molar-refractivity contribution in [3.05, 3.63) is 67.9 Å². The van der Waals surface area contributed by atoms with Crippen molar-refractivity contribution < 1.29 is 9.53 Å². The molecule has 10 heteroatoms. The van der Waals surface area contributed by atoms with Crippen LogP contribution in [0.15, 0.2) is 52.4 Å². The number of methoxy groups -OCH3 is 1. The van der Waals surface area contributed by atoms with Crippen LogP contribution in [0.1, 0.15) is 11.1 Å². The number of hydrogen-bond acceptors (Lipinski definition) is 7. The number of hydrogen-bond donors (Lipinski definition) is 2. The van der Waals surface area contributed by atoms with E-state index in [1.807, 2.05) is 56.3 Å². The first kappa shape index (κ1) is 22.3. The Kier molecular flexibility index (Phi) is 6.45. The molecular weight excluding hydrogens is 464 g/mol. The molecule has 0 aliphatic rings. The van der Waals surface area contributed by atoms with Crippen LogP contribution in [0.5, 0.6) is 5.75 Å². The molecule has 7 nitrogen and oxygen atoms in total. The second-order valence-electron chi connectivity index (χ2n) is 7.03. The molecule has 0 atom stereocenters. The van der Waals surface area contributed by atoms with Gasteiger partial charge in [-0.05, 0) is 49.3 Å². The fourth-order valence-electron chi connectivity index (χ4n) is 3.26. The minimum atomic E-state index is -0.287. The summed E-state index contributed by atoms with van der Waals surface area (Å²) in [5.41, 5.74) is 3.71. The topological polar surface area (TPSA) is 89.0 Å². The standard InChI is InChI=1S/C22H20N4O3S3/c1-12-6-4-7-13(2)17(12)23-16(27)11-31-21-24-19-18(20(28)25-21)32-22(30)26(19)14-8-5-9-15(10-14)29-3/h4-10H,11H2,1-3H3,(H,23,27)(H,24,25,28). The second kappa shape index (κ2) is 9.27. The van der Waals surface area contributed by atoms with E-state index in [0.717, 1.165) is 34.3 Å². The maximum absolute atomic E-state index is 12.7. The number of aryl methyl sites for hydroxylation is 2. The van der Waals surface area contributed by atoms with E-state index in [0.29, 0.717) is 25.2 Å².